The Labute approximate surface area is 256 Å². The largest absolute Gasteiger partial charge is 0.306 e. The summed E-state index contributed by atoms with van der Waals surface area (Å²) in [7, 11) is 4.62. The second kappa shape index (κ2) is 35.2. The number of hydrogen-bond donors (Lipinski definition) is 0. The van der Waals surface area contributed by atoms with E-state index in [1.165, 1.54) is 218 Å². The van der Waals surface area contributed by atoms with Crippen LogP contribution in [0.2, 0.25) is 0 Å². The van der Waals surface area contributed by atoms with Crippen molar-refractivity contribution < 1.29 is 0 Å². The second-order valence-corrected chi connectivity index (χ2v) is 13.8. The zero-order chi connectivity index (χ0) is 29.2. The standard InChI is InChI=1S/C39H81N/c1-5-7-9-11-13-15-17-19-21-23-25-27-29-31-33-35-37-39(40(3)4)38-36-34-32-30-28-26-24-22-20-18-16-14-12-10-8-6-2/h39H,5-38H2,1-4H3. The number of unbranched alkanes of at least 4 members (excludes halogenated alkanes) is 30. The van der Waals surface area contributed by atoms with Crippen LogP contribution in [0.15, 0.2) is 0 Å². The molecule has 0 amide bonds. The molecular formula is C39H81N. The van der Waals surface area contributed by atoms with E-state index in [9.17, 15) is 0 Å². The third kappa shape index (κ3) is 32.5. The van der Waals surface area contributed by atoms with Crippen LogP contribution in [0.1, 0.15) is 232 Å². The second-order valence-electron chi connectivity index (χ2n) is 13.8. The average Bonchev–Trinajstić information content (AvgIpc) is 2.95. The number of rotatable bonds is 35. The average molecular weight is 564 g/mol. The molecule has 0 aliphatic rings. The lowest BCUT2D eigenvalue weighted by Crippen LogP contribution is -2.27. The van der Waals surface area contributed by atoms with Gasteiger partial charge in [0.1, 0.15) is 0 Å². The van der Waals surface area contributed by atoms with Crippen molar-refractivity contribution in [3.8, 4) is 0 Å². The van der Waals surface area contributed by atoms with E-state index in [0.29, 0.717) is 0 Å². The number of nitrogens with zero attached hydrogens (tertiary/aromatic N) is 1. The Bertz CT molecular complexity index is 395. The Morgan fingerprint density at radius 2 is 0.450 bits per heavy atom. The molecule has 0 unspecified atom stereocenters. The highest BCUT2D eigenvalue weighted by Gasteiger charge is 2.10. The van der Waals surface area contributed by atoms with Gasteiger partial charge in [-0.3, -0.25) is 0 Å². The van der Waals surface area contributed by atoms with Crippen molar-refractivity contribution >= 4 is 0 Å². The van der Waals surface area contributed by atoms with Crippen molar-refractivity contribution in [3.05, 3.63) is 0 Å². The lowest BCUT2D eigenvalue weighted by atomic mass is 9.99. The van der Waals surface area contributed by atoms with E-state index < -0.39 is 0 Å². The first-order valence-electron chi connectivity index (χ1n) is 19.4. The summed E-state index contributed by atoms with van der Waals surface area (Å²) in [5.41, 5.74) is 0. The van der Waals surface area contributed by atoms with Crippen molar-refractivity contribution in [2.24, 2.45) is 0 Å². The monoisotopic (exact) mass is 564 g/mol. The van der Waals surface area contributed by atoms with Gasteiger partial charge in [0.15, 0.2) is 0 Å². The molecule has 1 nitrogen and oxygen atoms in total. The van der Waals surface area contributed by atoms with Gasteiger partial charge in [0.2, 0.25) is 0 Å². The zero-order valence-corrected chi connectivity index (χ0v) is 29.1. The highest BCUT2D eigenvalue weighted by Crippen LogP contribution is 2.19. The molecule has 242 valence electrons. The Morgan fingerprint density at radius 3 is 0.625 bits per heavy atom. The van der Waals surface area contributed by atoms with Crippen LogP contribution in [-0.2, 0) is 0 Å². The maximum Gasteiger partial charge on any atom is 0.00891 e. The molecule has 0 aromatic rings. The molecule has 0 aliphatic carbocycles. The highest BCUT2D eigenvalue weighted by molar-refractivity contribution is 4.67. The van der Waals surface area contributed by atoms with Crippen LogP contribution in [0.3, 0.4) is 0 Å². The Hall–Kier alpha value is -0.0400. The summed E-state index contributed by atoms with van der Waals surface area (Å²) in [5.74, 6) is 0. The summed E-state index contributed by atoms with van der Waals surface area (Å²) in [6.07, 6.45) is 49.8. The van der Waals surface area contributed by atoms with Crippen molar-refractivity contribution in [1.29, 1.82) is 0 Å². The van der Waals surface area contributed by atoms with Gasteiger partial charge >= 0.3 is 0 Å². The van der Waals surface area contributed by atoms with Gasteiger partial charge in [0.25, 0.3) is 0 Å². The summed E-state index contributed by atoms with van der Waals surface area (Å²) in [6.45, 7) is 4.62. The lowest BCUT2D eigenvalue weighted by Gasteiger charge is -2.24. The van der Waals surface area contributed by atoms with Crippen molar-refractivity contribution in [3.63, 3.8) is 0 Å². The molecule has 0 radical (unpaired) electrons. The quantitative estimate of drug-likeness (QED) is 0.0693. The molecule has 40 heavy (non-hydrogen) atoms. The molecule has 0 rings (SSSR count). The Balaban J connectivity index is 3.37. The van der Waals surface area contributed by atoms with Crippen LogP contribution in [0, 0.1) is 0 Å². The smallest absolute Gasteiger partial charge is 0.00891 e. The van der Waals surface area contributed by atoms with Crippen LogP contribution in [0.25, 0.3) is 0 Å². The molecule has 0 N–H and O–H groups in total. The van der Waals surface area contributed by atoms with E-state index in [0.717, 1.165) is 6.04 Å². The van der Waals surface area contributed by atoms with Gasteiger partial charge in [-0.15, -0.1) is 0 Å². The molecule has 0 aromatic heterocycles. The summed E-state index contributed by atoms with van der Waals surface area (Å²) in [4.78, 5) is 2.51. The number of hydrogen-bond acceptors (Lipinski definition) is 1. The third-order valence-corrected chi connectivity index (χ3v) is 9.51. The van der Waals surface area contributed by atoms with Gasteiger partial charge in [-0.25, -0.2) is 0 Å². The fourth-order valence-electron chi connectivity index (χ4n) is 6.52. The molecule has 0 aromatic carbocycles. The minimum absolute atomic E-state index is 0.818. The molecule has 0 aliphatic heterocycles. The molecule has 0 saturated carbocycles. The molecular weight excluding hydrogens is 482 g/mol. The molecule has 0 saturated heterocycles. The molecule has 0 spiro atoms. The van der Waals surface area contributed by atoms with Gasteiger partial charge in [0, 0.05) is 6.04 Å². The molecule has 0 atom stereocenters. The summed E-state index contributed by atoms with van der Waals surface area (Å²) in [6, 6.07) is 0.818. The van der Waals surface area contributed by atoms with E-state index in [1.807, 2.05) is 0 Å². The van der Waals surface area contributed by atoms with Crippen LogP contribution < -0.4 is 0 Å². The van der Waals surface area contributed by atoms with E-state index >= 15 is 0 Å². The topological polar surface area (TPSA) is 3.24 Å². The van der Waals surface area contributed by atoms with Crippen LogP contribution in [0.5, 0.6) is 0 Å². The van der Waals surface area contributed by atoms with Gasteiger partial charge < -0.3 is 4.90 Å². The van der Waals surface area contributed by atoms with Gasteiger partial charge in [-0.1, -0.05) is 219 Å². The normalized spacial score (nSPS) is 11.8. The maximum atomic E-state index is 2.51. The van der Waals surface area contributed by atoms with Crippen LogP contribution in [-0.4, -0.2) is 25.0 Å². The predicted octanol–water partition coefficient (Wildman–Crippen LogP) is 14.2. The van der Waals surface area contributed by atoms with Gasteiger partial charge in [-0.2, -0.15) is 0 Å². The first kappa shape index (κ1) is 40.0. The first-order chi connectivity index (χ1) is 19.7. The maximum absolute atomic E-state index is 2.51. The summed E-state index contributed by atoms with van der Waals surface area (Å²) in [5, 5.41) is 0. The summed E-state index contributed by atoms with van der Waals surface area (Å²) < 4.78 is 0. The molecule has 0 fully saturated rings. The van der Waals surface area contributed by atoms with Gasteiger partial charge in [0.05, 0.1) is 0 Å². The van der Waals surface area contributed by atoms with E-state index in [-0.39, 0.29) is 0 Å². The SMILES string of the molecule is CCCCCCCCCCCCCCCCCCC(CCCCCCCCCCCCCCCCCC)N(C)C. The van der Waals surface area contributed by atoms with Gasteiger partial charge in [-0.05, 0) is 26.9 Å². The fraction of sp³-hybridized carbons (Fsp3) is 1.00. The van der Waals surface area contributed by atoms with E-state index in [4.69, 9.17) is 0 Å². The van der Waals surface area contributed by atoms with Crippen molar-refractivity contribution in [2.75, 3.05) is 14.1 Å². The third-order valence-electron chi connectivity index (χ3n) is 9.51. The molecule has 0 bridgehead atoms. The van der Waals surface area contributed by atoms with Crippen LogP contribution >= 0.6 is 0 Å². The predicted molar refractivity (Wildman–Crippen MR) is 186 cm³/mol. The Morgan fingerprint density at radius 1 is 0.275 bits per heavy atom. The van der Waals surface area contributed by atoms with Crippen LogP contribution in [0.4, 0.5) is 0 Å². The fourth-order valence-corrected chi connectivity index (χ4v) is 6.52. The van der Waals surface area contributed by atoms with E-state index in [2.05, 4.69) is 32.8 Å². The summed E-state index contributed by atoms with van der Waals surface area (Å²) >= 11 is 0. The zero-order valence-electron chi connectivity index (χ0n) is 29.1. The van der Waals surface area contributed by atoms with Crippen molar-refractivity contribution in [1.82, 2.24) is 4.90 Å². The minimum Gasteiger partial charge on any atom is -0.306 e. The highest BCUT2D eigenvalue weighted by atomic mass is 15.1. The lowest BCUT2D eigenvalue weighted by molar-refractivity contribution is 0.251. The first-order valence-corrected chi connectivity index (χ1v) is 19.4. The Kier molecular flexibility index (Phi) is 35.1. The molecule has 0 heterocycles. The minimum atomic E-state index is 0.818. The van der Waals surface area contributed by atoms with E-state index in [1.54, 1.807) is 0 Å². The van der Waals surface area contributed by atoms with Crippen molar-refractivity contribution in [2.45, 2.75) is 238 Å². The molecule has 1 heteroatoms.